The van der Waals surface area contributed by atoms with E-state index in [1.54, 1.807) is 13.4 Å². The summed E-state index contributed by atoms with van der Waals surface area (Å²) in [5.74, 6) is 2.54. The molecule has 2 N–H and O–H groups in total. The molecule has 0 amide bonds. The normalized spacial score (nSPS) is 15.0. The molecule has 1 atom stereocenters. The molecule has 0 radical (unpaired) electrons. The van der Waals surface area contributed by atoms with Crippen molar-refractivity contribution in [3.63, 3.8) is 0 Å². The van der Waals surface area contributed by atoms with Crippen LogP contribution < -0.4 is 15.0 Å². The number of rotatable bonds is 5. The van der Waals surface area contributed by atoms with Gasteiger partial charge >= 0.3 is 0 Å². The number of methoxy groups -OCH3 is 1. The monoisotopic (exact) mass is 314 g/mol. The SMILES string of the molecule is COc1ccc2c(c1)CCN(c1cc(N[C@H](C)CO)ncn1)C2. The third kappa shape index (κ3) is 3.53. The molecule has 1 aromatic heterocycles. The number of hydrogen-bond acceptors (Lipinski definition) is 6. The second-order valence-corrected chi connectivity index (χ2v) is 5.80. The van der Waals surface area contributed by atoms with E-state index in [-0.39, 0.29) is 12.6 Å². The molecule has 0 bridgehead atoms. The molecule has 2 aromatic rings. The van der Waals surface area contributed by atoms with Crippen molar-refractivity contribution in [2.75, 3.05) is 30.5 Å². The lowest BCUT2D eigenvalue weighted by Crippen LogP contribution is -2.31. The van der Waals surface area contributed by atoms with Crippen LogP contribution >= 0.6 is 0 Å². The molecule has 0 saturated carbocycles. The van der Waals surface area contributed by atoms with Crippen LogP contribution in [0.2, 0.25) is 0 Å². The van der Waals surface area contributed by atoms with Gasteiger partial charge in [-0.25, -0.2) is 9.97 Å². The summed E-state index contributed by atoms with van der Waals surface area (Å²) in [6.45, 7) is 3.71. The smallest absolute Gasteiger partial charge is 0.134 e. The van der Waals surface area contributed by atoms with Crippen LogP contribution in [0.3, 0.4) is 0 Å². The quantitative estimate of drug-likeness (QED) is 0.877. The van der Waals surface area contributed by atoms with E-state index in [2.05, 4.69) is 32.3 Å². The summed E-state index contributed by atoms with van der Waals surface area (Å²) < 4.78 is 5.29. The summed E-state index contributed by atoms with van der Waals surface area (Å²) in [6, 6.07) is 8.13. The van der Waals surface area contributed by atoms with Gasteiger partial charge in [-0.15, -0.1) is 0 Å². The Kier molecular flexibility index (Phi) is 4.62. The standard InChI is InChI=1S/C17H22N4O2/c1-12(10-22)20-16-8-17(19-11-18-16)21-6-5-13-7-15(23-2)4-3-14(13)9-21/h3-4,7-8,11-12,22H,5-6,9-10H2,1-2H3,(H,18,19,20)/t12-/m1/s1. The minimum Gasteiger partial charge on any atom is -0.497 e. The molecule has 2 heterocycles. The molecule has 0 aliphatic carbocycles. The number of aromatic nitrogens is 2. The summed E-state index contributed by atoms with van der Waals surface area (Å²) in [5.41, 5.74) is 2.64. The maximum absolute atomic E-state index is 9.14. The summed E-state index contributed by atoms with van der Waals surface area (Å²) in [7, 11) is 1.69. The molecule has 0 spiro atoms. The maximum atomic E-state index is 9.14. The van der Waals surface area contributed by atoms with Crippen LogP contribution in [0.5, 0.6) is 5.75 Å². The molecule has 6 heteroatoms. The fraction of sp³-hybridized carbons (Fsp3) is 0.412. The van der Waals surface area contributed by atoms with Gasteiger partial charge in [0.25, 0.3) is 0 Å². The van der Waals surface area contributed by atoms with Crippen LogP contribution in [0.4, 0.5) is 11.6 Å². The maximum Gasteiger partial charge on any atom is 0.134 e. The molecule has 0 saturated heterocycles. The van der Waals surface area contributed by atoms with Crippen molar-refractivity contribution in [1.82, 2.24) is 9.97 Å². The number of nitrogens with one attached hydrogen (secondary N) is 1. The number of aliphatic hydroxyl groups excluding tert-OH is 1. The van der Waals surface area contributed by atoms with Gasteiger partial charge in [0.15, 0.2) is 0 Å². The van der Waals surface area contributed by atoms with E-state index in [1.807, 2.05) is 19.1 Å². The number of hydrogen-bond donors (Lipinski definition) is 2. The van der Waals surface area contributed by atoms with Crippen molar-refractivity contribution in [2.24, 2.45) is 0 Å². The topological polar surface area (TPSA) is 70.5 Å². The third-order valence-electron chi connectivity index (χ3n) is 4.07. The number of fused-ring (bicyclic) bond motifs is 1. The highest BCUT2D eigenvalue weighted by Gasteiger charge is 2.18. The van der Waals surface area contributed by atoms with Gasteiger partial charge < -0.3 is 20.1 Å². The first-order valence-corrected chi connectivity index (χ1v) is 7.80. The molecular weight excluding hydrogens is 292 g/mol. The van der Waals surface area contributed by atoms with Gasteiger partial charge in [0.1, 0.15) is 23.7 Å². The van der Waals surface area contributed by atoms with Crippen molar-refractivity contribution < 1.29 is 9.84 Å². The summed E-state index contributed by atoms with van der Waals surface area (Å²) in [4.78, 5) is 10.8. The van der Waals surface area contributed by atoms with Crippen LogP contribution in [0.15, 0.2) is 30.6 Å². The predicted molar refractivity (Wildman–Crippen MR) is 90.0 cm³/mol. The molecule has 0 unspecified atom stereocenters. The molecule has 0 fully saturated rings. The largest absolute Gasteiger partial charge is 0.497 e. The van der Waals surface area contributed by atoms with Crippen LogP contribution in [0, 0.1) is 0 Å². The lowest BCUT2D eigenvalue weighted by molar-refractivity contribution is 0.281. The Hall–Kier alpha value is -2.34. The number of anilines is 2. The van der Waals surface area contributed by atoms with Crippen molar-refractivity contribution >= 4 is 11.6 Å². The molecule has 1 aromatic carbocycles. The summed E-state index contributed by atoms with van der Waals surface area (Å²) in [6.07, 6.45) is 2.53. The molecule has 6 nitrogen and oxygen atoms in total. The van der Waals surface area contributed by atoms with E-state index in [4.69, 9.17) is 9.84 Å². The van der Waals surface area contributed by atoms with E-state index >= 15 is 0 Å². The Morgan fingerprint density at radius 3 is 2.96 bits per heavy atom. The van der Waals surface area contributed by atoms with Crippen LogP contribution in [0.25, 0.3) is 0 Å². The van der Waals surface area contributed by atoms with Gasteiger partial charge in [-0.3, -0.25) is 0 Å². The van der Waals surface area contributed by atoms with Gasteiger partial charge in [-0.05, 0) is 36.6 Å². The van der Waals surface area contributed by atoms with Crippen molar-refractivity contribution in [3.8, 4) is 5.75 Å². The highest BCUT2D eigenvalue weighted by molar-refractivity contribution is 5.51. The molecular formula is C17H22N4O2. The Balaban J connectivity index is 1.76. The van der Waals surface area contributed by atoms with E-state index in [1.165, 1.54) is 11.1 Å². The van der Waals surface area contributed by atoms with E-state index in [0.717, 1.165) is 36.9 Å². The number of ether oxygens (including phenoxy) is 1. The summed E-state index contributed by atoms with van der Waals surface area (Å²) >= 11 is 0. The Labute approximate surface area is 136 Å². The molecule has 23 heavy (non-hydrogen) atoms. The Bertz CT molecular complexity index is 677. The minimum atomic E-state index is -0.0349. The van der Waals surface area contributed by atoms with Crippen LogP contribution in [-0.4, -0.2) is 41.4 Å². The van der Waals surface area contributed by atoms with Crippen molar-refractivity contribution in [2.45, 2.75) is 25.9 Å². The molecule has 1 aliphatic rings. The van der Waals surface area contributed by atoms with Crippen LogP contribution in [0.1, 0.15) is 18.1 Å². The first-order valence-electron chi connectivity index (χ1n) is 7.80. The lowest BCUT2D eigenvalue weighted by Gasteiger charge is -2.30. The zero-order valence-corrected chi connectivity index (χ0v) is 13.5. The highest BCUT2D eigenvalue weighted by Crippen LogP contribution is 2.26. The second-order valence-electron chi connectivity index (χ2n) is 5.80. The molecule has 3 rings (SSSR count). The van der Waals surface area contributed by atoms with Gasteiger partial charge in [-0.1, -0.05) is 6.07 Å². The van der Waals surface area contributed by atoms with Gasteiger partial charge in [0, 0.05) is 25.2 Å². The minimum absolute atomic E-state index is 0.0349. The van der Waals surface area contributed by atoms with Crippen molar-refractivity contribution in [3.05, 3.63) is 41.7 Å². The third-order valence-corrected chi connectivity index (χ3v) is 4.07. The first-order chi connectivity index (χ1) is 11.2. The Morgan fingerprint density at radius 1 is 1.30 bits per heavy atom. The fourth-order valence-electron chi connectivity index (χ4n) is 2.75. The van der Waals surface area contributed by atoms with E-state index in [0.29, 0.717) is 0 Å². The van der Waals surface area contributed by atoms with Gasteiger partial charge in [-0.2, -0.15) is 0 Å². The average molecular weight is 314 g/mol. The van der Waals surface area contributed by atoms with Crippen LogP contribution in [-0.2, 0) is 13.0 Å². The lowest BCUT2D eigenvalue weighted by atomic mass is 9.99. The zero-order valence-electron chi connectivity index (χ0n) is 13.5. The predicted octanol–water partition coefficient (Wildman–Crippen LogP) is 1.84. The highest BCUT2D eigenvalue weighted by atomic mass is 16.5. The second kappa shape index (κ2) is 6.83. The zero-order chi connectivity index (χ0) is 16.2. The molecule has 122 valence electrons. The van der Waals surface area contributed by atoms with E-state index < -0.39 is 0 Å². The summed E-state index contributed by atoms with van der Waals surface area (Å²) in [5, 5.41) is 12.3. The first kappa shape index (κ1) is 15.6. The van der Waals surface area contributed by atoms with Crippen molar-refractivity contribution in [1.29, 1.82) is 0 Å². The fourth-order valence-corrected chi connectivity index (χ4v) is 2.75. The van der Waals surface area contributed by atoms with Gasteiger partial charge in [0.05, 0.1) is 13.7 Å². The average Bonchev–Trinajstić information content (AvgIpc) is 2.60. The number of benzene rings is 1. The Morgan fingerprint density at radius 2 is 2.17 bits per heavy atom. The van der Waals surface area contributed by atoms with Gasteiger partial charge in [0.2, 0.25) is 0 Å². The molecule has 1 aliphatic heterocycles. The number of aliphatic hydroxyl groups is 1. The van der Waals surface area contributed by atoms with E-state index in [9.17, 15) is 0 Å². The number of nitrogens with zero attached hydrogens (tertiary/aromatic N) is 3.